The minimum atomic E-state index is -0.269. The van der Waals surface area contributed by atoms with Crippen molar-refractivity contribution in [1.82, 2.24) is 4.98 Å². The number of pyridine rings is 1. The van der Waals surface area contributed by atoms with Crippen LogP contribution in [0.4, 0.5) is 10.2 Å². The number of benzene rings is 2. The van der Waals surface area contributed by atoms with E-state index in [0.29, 0.717) is 29.1 Å². The Bertz CT molecular complexity index is 1180. The van der Waals surface area contributed by atoms with Crippen molar-refractivity contribution >= 4 is 22.5 Å². The molecule has 156 valence electrons. The number of hydrogen-bond donors (Lipinski definition) is 1. The van der Waals surface area contributed by atoms with E-state index in [4.69, 9.17) is 10.00 Å². The Labute approximate surface area is 179 Å². The van der Waals surface area contributed by atoms with E-state index >= 15 is 0 Å². The van der Waals surface area contributed by atoms with Gasteiger partial charge in [0, 0.05) is 17.5 Å². The van der Waals surface area contributed by atoms with Crippen LogP contribution in [0.5, 0.6) is 5.75 Å². The van der Waals surface area contributed by atoms with E-state index in [1.54, 1.807) is 18.2 Å². The van der Waals surface area contributed by atoms with Gasteiger partial charge in [0.05, 0.1) is 11.7 Å². The van der Waals surface area contributed by atoms with Gasteiger partial charge in [-0.3, -0.25) is 4.79 Å². The average Bonchev–Trinajstić information content (AvgIpc) is 3.28. The van der Waals surface area contributed by atoms with Gasteiger partial charge in [0.25, 0.3) is 0 Å². The SMILES string of the molecule is CC(C(=O)Nc1ccc(C#N)cn1)[C@H]1[C@@H]2C[C@@H](Oc3cccc4ccc(F)cc34)C[C@@H]21. The number of nitrogens with one attached hydrogen (secondary N) is 1. The Kier molecular flexibility index (Phi) is 4.82. The molecule has 2 aromatic carbocycles. The number of carbonyl (C=O) groups excluding carboxylic acids is 1. The number of fused-ring (bicyclic) bond motifs is 2. The number of amides is 1. The summed E-state index contributed by atoms with van der Waals surface area (Å²) in [5.41, 5.74) is 0.461. The van der Waals surface area contributed by atoms with Crippen molar-refractivity contribution in [2.24, 2.45) is 23.7 Å². The first-order chi connectivity index (χ1) is 15.0. The third-order valence-electron chi connectivity index (χ3n) is 6.70. The maximum Gasteiger partial charge on any atom is 0.228 e. The molecular weight excluding hydrogens is 393 g/mol. The molecule has 0 radical (unpaired) electrons. The molecule has 2 fully saturated rings. The lowest BCUT2D eigenvalue weighted by Crippen LogP contribution is -2.26. The van der Waals surface area contributed by atoms with Crippen LogP contribution < -0.4 is 10.1 Å². The Morgan fingerprint density at radius 2 is 2.03 bits per heavy atom. The summed E-state index contributed by atoms with van der Waals surface area (Å²) in [5.74, 6) is 2.07. The Balaban J connectivity index is 1.19. The highest BCUT2D eigenvalue weighted by Gasteiger charge is 2.59. The summed E-state index contributed by atoms with van der Waals surface area (Å²) < 4.78 is 19.9. The lowest BCUT2D eigenvalue weighted by atomic mass is 9.97. The van der Waals surface area contributed by atoms with Crippen LogP contribution in [0.2, 0.25) is 0 Å². The van der Waals surface area contributed by atoms with E-state index < -0.39 is 0 Å². The zero-order chi connectivity index (χ0) is 21.5. The van der Waals surface area contributed by atoms with Gasteiger partial charge in [-0.05, 0) is 66.3 Å². The summed E-state index contributed by atoms with van der Waals surface area (Å²) >= 11 is 0. The van der Waals surface area contributed by atoms with Gasteiger partial charge in [-0.2, -0.15) is 5.26 Å². The number of hydrogen-bond acceptors (Lipinski definition) is 4. The van der Waals surface area contributed by atoms with Gasteiger partial charge >= 0.3 is 0 Å². The molecule has 0 saturated heterocycles. The first kappa shape index (κ1) is 19.5. The molecule has 1 N–H and O–H groups in total. The van der Waals surface area contributed by atoms with Crippen molar-refractivity contribution in [3.05, 3.63) is 66.1 Å². The van der Waals surface area contributed by atoms with E-state index in [2.05, 4.69) is 10.3 Å². The Morgan fingerprint density at radius 3 is 2.74 bits per heavy atom. The topological polar surface area (TPSA) is 75.0 Å². The molecule has 2 saturated carbocycles. The summed E-state index contributed by atoms with van der Waals surface area (Å²) in [4.78, 5) is 16.8. The Morgan fingerprint density at radius 1 is 1.23 bits per heavy atom. The van der Waals surface area contributed by atoms with Crippen molar-refractivity contribution < 1.29 is 13.9 Å². The van der Waals surface area contributed by atoms with Gasteiger partial charge in [-0.1, -0.05) is 25.1 Å². The van der Waals surface area contributed by atoms with Crippen LogP contribution in [-0.4, -0.2) is 17.0 Å². The molecule has 0 bridgehead atoms. The molecule has 1 heterocycles. The summed E-state index contributed by atoms with van der Waals surface area (Å²) in [6.07, 6.45) is 3.37. The standard InChI is InChI=1S/C25H22FN3O2/c1-14(25(30)29-23-8-5-15(12-27)13-28-23)24-20-10-18(11-21(20)24)31-22-4-2-3-16-6-7-17(26)9-19(16)22/h2-9,13-14,18,20-21,24H,10-11H2,1H3,(H,28,29,30)/t14?,18-,20-,21+,24+. The second kappa shape index (κ2) is 7.66. The van der Waals surface area contributed by atoms with E-state index in [1.165, 1.54) is 18.3 Å². The molecule has 6 heteroatoms. The number of carbonyl (C=O) groups is 1. The lowest BCUT2D eigenvalue weighted by molar-refractivity contribution is -0.120. The summed E-state index contributed by atoms with van der Waals surface area (Å²) in [6.45, 7) is 1.96. The third kappa shape index (κ3) is 3.72. The van der Waals surface area contributed by atoms with Crippen LogP contribution in [0.15, 0.2) is 54.7 Å². The van der Waals surface area contributed by atoms with Crippen LogP contribution in [0.25, 0.3) is 10.8 Å². The first-order valence-corrected chi connectivity index (χ1v) is 10.6. The normalized spacial score (nSPS) is 24.8. The number of nitrogens with zero attached hydrogens (tertiary/aromatic N) is 2. The fourth-order valence-corrected chi connectivity index (χ4v) is 5.13. The molecule has 2 aliphatic carbocycles. The molecule has 31 heavy (non-hydrogen) atoms. The predicted molar refractivity (Wildman–Crippen MR) is 115 cm³/mol. The number of ether oxygens (including phenoxy) is 1. The molecule has 3 aromatic rings. The van der Waals surface area contributed by atoms with E-state index in [0.717, 1.165) is 29.4 Å². The zero-order valence-electron chi connectivity index (χ0n) is 17.1. The quantitative estimate of drug-likeness (QED) is 0.642. The van der Waals surface area contributed by atoms with Crippen molar-refractivity contribution in [1.29, 1.82) is 5.26 Å². The highest BCUT2D eigenvalue weighted by molar-refractivity contribution is 5.92. The molecular formula is C25H22FN3O2. The highest BCUT2D eigenvalue weighted by Crippen LogP contribution is 2.61. The fourth-order valence-electron chi connectivity index (χ4n) is 5.13. The highest BCUT2D eigenvalue weighted by atomic mass is 19.1. The van der Waals surface area contributed by atoms with E-state index in [1.807, 2.05) is 31.2 Å². The molecule has 0 aliphatic heterocycles. The molecule has 0 spiro atoms. The zero-order valence-corrected chi connectivity index (χ0v) is 17.1. The molecule has 5 rings (SSSR count). The van der Waals surface area contributed by atoms with Gasteiger partial charge in [0.15, 0.2) is 0 Å². The smallest absolute Gasteiger partial charge is 0.228 e. The van der Waals surface area contributed by atoms with Gasteiger partial charge in [0.2, 0.25) is 5.91 Å². The van der Waals surface area contributed by atoms with Crippen molar-refractivity contribution in [3.8, 4) is 11.8 Å². The third-order valence-corrected chi connectivity index (χ3v) is 6.70. The van der Waals surface area contributed by atoms with Crippen molar-refractivity contribution in [3.63, 3.8) is 0 Å². The minimum Gasteiger partial charge on any atom is -0.490 e. The van der Waals surface area contributed by atoms with Gasteiger partial charge in [-0.15, -0.1) is 0 Å². The van der Waals surface area contributed by atoms with Crippen LogP contribution in [0.3, 0.4) is 0 Å². The monoisotopic (exact) mass is 415 g/mol. The largest absolute Gasteiger partial charge is 0.490 e. The lowest BCUT2D eigenvalue weighted by Gasteiger charge is -2.20. The van der Waals surface area contributed by atoms with Gasteiger partial charge < -0.3 is 10.1 Å². The number of rotatable bonds is 5. The van der Waals surface area contributed by atoms with Crippen LogP contribution in [0, 0.1) is 40.8 Å². The average molecular weight is 415 g/mol. The molecule has 5 atom stereocenters. The fraction of sp³-hybridized carbons (Fsp3) is 0.320. The van der Waals surface area contributed by atoms with E-state index in [-0.39, 0.29) is 23.7 Å². The maximum atomic E-state index is 13.7. The molecule has 1 aromatic heterocycles. The maximum absolute atomic E-state index is 13.7. The van der Waals surface area contributed by atoms with Gasteiger partial charge in [-0.25, -0.2) is 9.37 Å². The van der Waals surface area contributed by atoms with Crippen molar-refractivity contribution in [2.45, 2.75) is 25.9 Å². The summed E-state index contributed by atoms with van der Waals surface area (Å²) in [6, 6.07) is 15.8. The number of halogens is 1. The molecule has 2 aliphatic rings. The summed E-state index contributed by atoms with van der Waals surface area (Å²) in [5, 5.41) is 13.5. The van der Waals surface area contributed by atoms with Gasteiger partial charge in [0.1, 0.15) is 23.5 Å². The van der Waals surface area contributed by atoms with Crippen LogP contribution in [-0.2, 0) is 4.79 Å². The molecule has 1 amide bonds. The number of anilines is 1. The summed E-state index contributed by atoms with van der Waals surface area (Å²) in [7, 11) is 0. The van der Waals surface area contributed by atoms with Crippen molar-refractivity contribution in [2.75, 3.05) is 5.32 Å². The molecule has 5 nitrogen and oxygen atoms in total. The first-order valence-electron chi connectivity index (χ1n) is 10.6. The second-order valence-electron chi connectivity index (χ2n) is 8.56. The predicted octanol–water partition coefficient (Wildman–Crippen LogP) is 4.92. The van der Waals surface area contributed by atoms with Crippen LogP contribution in [0.1, 0.15) is 25.3 Å². The van der Waals surface area contributed by atoms with Crippen LogP contribution >= 0.6 is 0 Å². The Hall–Kier alpha value is -3.46. The number of aromatic nitrogens is 1. The minimum absolute atomic E-state index is 0.0430. The second-order valence-corrected chi connectivity index (χ2v) is 8.56. The van der Waals surface area contributed by atoms with E-state index in [9.17, 15) is 9.18 Å². The number of nitriles is 1. The molecule has 1 unspecified atom stereocenters.